The van der Waals surface area contributed by atoms with Gasteiger partial charge in [0.05, 0.1) is 19.2 Å². The van der Waals surface area contributed by atoms with Crippen LogP contribution in [0.15, 0.2) is 28.9 Å². The lowest BCUT2D eigenvalue weighted by atomic mass is 10.2. The number of nitrogens with one attached hydrogen (secondary N) is 1. The molecule has 0 fully saturated rings. The van der Waals surface area contributed by atoms with E-state index in [1.165, 1.54) is 19.4 Å². The number of rotatable bonds is 4. The maximum Gasteiger partial charge on any atom is 0.341 e. The van der Waals surface area contributed by atoms with E-state index < -0.39 is 23.4 Å². The molecule has 0 unspecified atom stereocenters. The van der Waals surface area contributed by atoms with Crippen LogP contribution < -0.4 is 5.32 Å². The molecule has 0 saturated heterocycles. The molecule has 0 atom stereocenters. The molecule has 0 saturated carbocycles. The minimum absolute atomic E-state index is 0.0532. The molecule has 0 bridgehead atoms. The van der Waals surface area contributed by atoms with Crippen LogP contribution in [0, 0.1) is 17.5 Å². The van der Waals surface area contributed by atoms with Gasteiger partial charge >= 0.3 is 5.97 Å². The van der Waals surface area contributed by atoms with Gasteiger partial charge in [0.2, 0.25) is 0 Å². The van der Waals surface area contributed by atoms with Crippen molar-refractivity contribution in [3.63, 3.8) is 0 Å². The number of benzene rings is 1. The number of hydrogen-bond donors (Lipinski definition) is 1. The van der Waals surface area contributed by atoms with E-state index in [2.05, 4.69) is 10.1 Å². The number of ether oxygens (including phenoxy) is 1. The van der Waals surface area contributed by atoms with Gasteiger partial charge in [-0.25, -0.2) is 18.0 Å². The largest absolute Gasteiger partial charge is 0.467 e. The Morgan fingerprint density at radius 2 is 1.90 bits per heavy atom. The molecule has 1 aromatic heterocycles. The van der Waals surface area contributed by atoms with Crippen molar-refractivity contribution >= 4 is 11.7 Å². The molecule has 0 aliphatic heterocycles. The van der Waals surface area contributed by atoms with Crippen molar-refractivity contribution in [3.8, 4) is 0 Å². The van der Waals surface area contributed by atoms with Crippen LogP contribution >= 0.6 is 0 Å². The van der Waals surface area contributed by atoms with Gasteiger partial charge in [0.15, 0.2) is 17.5 Å². The molecule has 1 N–H and O–H groups in total. The van der Waals surface area contributed by atoms with Gasteiger partial charge in [-0.15, -0.1) is 0 Å². The molecule has 20 heavy (non-hydrogen) atoms. The Hall–Kier alpha value is -2.44. The van der Waals surface area contributed by atoms with Crippen LogP contribution in [0.4, 0.5) is 18.9 Å². The number of anilines is 1. The van der Waals surface area contributed by atoms with Crippen LogP contribution in [0.2, 0.25) is 0 Å². The smallest absolute Gasteiger partial charge is 0.341 e. The van der Waals surface area contributed by atoms with E-state index >= 15 is 0 Å². The quantitative estimate of drug-likeness (QED) is 0.692. The first kappa shape index (κ1) is 14.0. The molecular weight excluding hydrogens is 275 g/mol. The Bertz CT molecular complexity index is 617. The fourth-order valence-electron chi connectivity index (χ4n) is 1.54. The molecule has 0 aliphatic carbocycles. The van der Waals surface area contributed by atoms with Crippen molar-refractivity contribution in [1.29, 1.82) is 0 Å². The van der Waals surface area contributed by atoms with Gasteiger partial charge < -0.3 is 14.5 Å². The van der Waals surface area contributed by atoms with Gasteiger partial charge in [-0.1, -0.05) is 0 Å². The Morgan fingerprint density at radius 1 is 1.25 bits per heavy atom. The summed E-state index contributed by atoms with van der Waals surface area (Å²) in [5.41, 5.74) is 0.276. The zero-order chi connectivity index (χ0) is 14.7. The average Bonchev–Trinajstić information content (AvgIpc) is 2.90. The van der Waals surface area contributed by atoms with Crippen LogP contribution in [0.5, 0.6) is 0 Å². The maximum atomic E-state index is 13.0. The van der Waals surface area contributed by atoms with E-state index in [9.17, 15) is 18.0 Å². The summed E-state index contributed by atoms with van der Waals surface area (Å²) in [6, 6.07) is 3.07. The van der Waals surface area contributed by atoms with Gasteiger partial charge in [0.1, 0.15) is 12.0 Å². The number of carbonyl (C=O) groups excluding carboxylic acids is 1. The predicted octanol–water partition coefficient (Wildman–Crippen LogP) is 3.10. The Balaban J connectivity index is 2.05. The van der Waals surface area contributed by atoms with Crippen LogP contribution in [0.3, 0.4) is 0 Å². The van der Waals surface area contributed by atoms with Crippen LogP contribution in [-0.2, 0) is 11.3 Å². The fraction of sp³-hybridized carbons (Fsp3) is 0.154. The van der Waals surface area contributed by atoms with Gasteiger partial charge in [-0.05, 0) is 6.07 Å². The first-order valence-corrected chi connectivity index (χ1v) is 5.55. The molecule has 0 aliphatic rings. The monoisotopic (exact) mass is 285 g/mol. The number of halogens is 3. The fourth-order valence-corrected chi connectivity index (χ4v) is 1.54. The summed E-state index contributed by atoms with van der Waals surface area (Å²) in [6.07, 6.45) is 1.20. The minimum atomic E-state index is -1.53. The molecule has 7 heteroatoms. The van der Waals surface area contributed by atoms with Crippen LogP contribution in [0.25, 0.3) is 0 Å². The maximum absolute atomic E-state index is 13.0. The summed E-state index contributed by atoms with van der Waals surface area (Å²) in [4.78, 5) is 11.2. The summed E-state index contributed by atoms with van der Waals surface area (Å²) >= 11 is 0. The van der Waals surface area contributed by atoms with Gasteiger partial charge in [-0.3, -0.25) is 0 Å². The van der Waals surface area contributed by atoms with Crippen molar-refractivity contribution in [2.75, 3.05) is 12.4 Å². The summed E-state index contributed by atoms with van der Waals surface area (Å²) in [5.74, 6) is -4.31. The second-order valence-electron chi connectivity index (χ2n) is 3.90. The van der Waals surface area contributed by atoms with E-state index in [0.29, 0.717) is 5.76 Å². The predicted molar refractivity (Wildman–Crippen MR) is 63.7 cm³/mol. The Morgan fingerprint density at radius 3 is 2.50 bits per heavy atom. The molecule has 2 aromatic rings. The highest BCUT2D eigenvalue weighted by molar-refractivity contribution is 5.88. The van der Waals surface area contributed by atoms with Crippen LogP contribution in [0.1, 0.15) is 16.1 Å². The highest BCUT2D eigenvalue weighted by atomic mass is 19.2. The van der Waals surface area contributed by atoms with Crippen LogP contribution in [-0.4, -0.2) is 13.1 Å². The minimum Gasteiger partial charge on any atom is -0.467 e. The SMILES string of the molecule is COC(=O)c1coc(CNc2cc(F)c(F)c(F)c2)c1. The molecule has 0 radical (unpaired) electrons. The van der Waals surface area contributed by atoms with Gasteiger partial charge in [-0.2, -0.15) is 0 Å². The highest BCUT2D eigenvalue weighted by Gasteiger charge is 2.12. The zero-order valence-corrected chi connectivity index (χ0v) is 10.4. The van der Waals surface area contributed by atoms with E-state index in [1.54, 1.807) is 0 Å². The van der Waals surface area contributed by atoms with E-state index in [0.717, 1.165) is 12.1 Å². The summed E-state index contributed by atoms with van der Waals surface area (Å²) < 4.78 is 48.3. The summed E-state index contributed by atoms with van der Waals surface area (Å²) in [6.45, 7) is 0.0709. The topological polar surface area (TPSA) is 51.5 Å². The third kappa shape index (κ3) is 2.93. The number of hydrogen-bond acceptors (Lipinski definition) is 4. The molecule has 1 heterocycles. The Kier molecular flexibility index (Phi) is 3.97. The highest BCUT2D eigenvalue weighted by Crippen LogP contribution is 2.18. The number of furan rings is 1. The second kappa shape index (κ2) is 5.68. The average molecular weight is 285 g/mol. The molecule has 4 nitrogen and oxygen atoms in total. The third-order valence-electron chi connectivity index (χ3n) is 2.53. The van der Waals surface area contributed by atoms with Crippen molar-refractivity contribution in [2.45, 2.75) is 6.54 Å². The number of esters is 1. The molecule has 2 rings (SSSR count). The zero-order valence-electron chi connectivity index (χ0n) is 10.4. The lowest BCUT2D eigenvalue weighted by Gasteiger charge is -2.05. The Labute approximate surface area is 112 Å². The summed E-state index contributed by atoms with van der Waals surface area (Å²) in [7, 11) is 1.23. The van der Waals surface area contributed by atoms with Gasteiger partial charge in [0.25, 0.3) is 0 Å². The standard InChI is InChI=1S/C13H10F3NO3/c1-19-13(18)7-2-9(20-6-7)5-17-8-3-10(14)12(16)11(15)4-8/h2-4,6,17H,5H2,1H3. The first-order chi connectivity index (χ1) is 9.51. The molecule has 0 amide bonds. The summed E-state index contributed by atoms with van der Waals surface area (Å²) in [5, 5.41) is 2.65. The molecule has 0 spiro atoms. The molecule has 106 valence electrons. The third-order valence-corrected chi connectivity index (χ3v) is 2.53. The molecular formula is C13H10F3NO3. The van der Waals surface area contributed by atoms with Crippen molar-refractivity contribution < 1.29 is 27.1 Å². The lowest BCUT2D eigenvalue weighted by molar-refractivity contribution is 0.0600. The number of methoxy groups -OCH3 is 1. The van der Waals surface area contributed by atoms with E-state index in [-0.39, 0.29) is 17.8 Å². The number of carbonyl (C=O) groups is 1. The second-order valence-corrected chi connectivity index (χ2v) is 3.90. The molecule has 1 aromatic carbocycles. The van der Waals surface area contributed by atoms with Crippen molar-refractivity contribution in [2.24, 2.45) is 0 Å². The normalized spacial score (nSPS) is 10.4. The van der Waals surface area contributed by atoms with Crippen molar-refractivity contribution in [1.82, 2.24) is 0 Å². The first-order valence-electron chi connectivity index (χ1n) is 5.55. The lowest BCUT2D eigenvalue weighted by Crippen LogP contribution is -2.02. The van der Waals surface area contributed by atoms with E-state index in [4.69, 9.17) is 4.42 Å². The van der Waals surface area contributed by atoms with Gasteiger partial charge in [0, 0.05) is 17.8 Å². The van der Waals surface area contributed by atoms with E-state index in [1.807, 2.05) is 0 Å². The van der Waals surface area contributed by atoms with Crippen molar-refractivity contribution in [3.05, 3.63) is 53.2 Å².